The number of aromatic nitrogens is 3. The van der Waals surface area contributed by atoms with Crippen molar-refractivity contribution < 1.29 is 9.90 Å². The third-order valence-electron chi connectivity index (χ3n) is 8.40. The normalized spacial score (nSPS) is 21.8. The molecule has 3 atom stereocenters. The number of carbonyl (C=O) groups is 1. The van der Waals surface area contributed by atoms with Crippen molar-refractivity contribution in [2.75, 3.05) is 4.90 Å². The van der Waals surface area contributed by atoms with Gasteiger partial charge in [-0.2, -0.15) is 5.10 Å². The topological polar surface area (TPSA) is 97.3 Å². The molecule has 0 spiro atoms. The second-order valence-electron chi connectivity index (χ2n) is 11.6. The first-order chi connectivity index (χ1) is 18.9. The summed E-state index contributed by atoms with van der Waals surface area (Å²) in [6.07, 6.45) is 7.69. The predicted molar refractivity (Wildman–Crippen MR) is 155 cm³/mol. The van der Waals surface area contributed by atoms with E-state index in [1.165, 1.54) is 12.1 Å². The Balaban J connectivity index is 1.44. The van der Waals surface area contributed by atoms with Gasteiger partial charge in [0, 0.05) is 40.5 Å². The Labute approximate surface area is 229 Å². The van der Waals surface area contributed by atoms with E-state index in [1.54, 1.807) is 6.07 Å². The molecule has 2 aliphatic heterocycles. The third-order valence-corrected chi connectivity index (χ3v) is 8.40. The summed E-state index contributed by atoms with van der Waals surface area (Å²) >= 11 is 0. The quantitative estimate of drug-likeness (QED) is 0.323. The summed E-state index contributed by atoms with van der Waals surface area (Å²) in [4.78, 5) is 19.3. The van der Waals surface area contributed by atoms with Crippen LogP contribution >= 0.6 is 0 Å². The SMILES string of the molecule is CC(C)C[C@@H](c1ccccn1)n1nc(-c2ccc(N3C4CCCC3CC(O)C4)cc2)c2cc(C(N)=O)ccc21. The van der Waals surface area contributed by atoms with Gasteiger partial charge in [-0.25, -0.2) is 0 Å². The first kappa shape index (κ1) is 25.6. The van der Waals surface area contributed by atoms with Gasteiger partial charge in [0.1, 0.15) is 5.69 Å². The molecule has 6 rings (SSSR count). The van der Waals surface area contributed by atoms with E-state index in [4.69, 9.17) is 10.8 Å². The van der Waals surface area contributed by atoms with E-state index in [0.29, 0.717) is 23.6 Å². The fourth-order valence-electron chi connectivity index (χ4n) is 6.68. The van der Waals surface area contributed by atoms with Crippen LogP contribution in [-0.2, 0) is 0 Å². The van der Waals surface area contributed by atoms with Crippen LogP contribution in [0, 0.1) is 5.92 Å². The molecule has 7 nitrogen and oxygen atoms in total. The van der Waals surface area contributed by atoms with Gasteiger partial charge in [-0.1, -0.05) is 32.0 Å². The van der Waals surface area contributed by atoms with Crippen LogP contribution < -0.4 is 10.6 Å². The standard InChI is InChI=1S/C32H37N5O2/c1-20(2)16-30(28-8-3-4-15-34-28)37-29-14-11-22(32(33)39)17-27(29)31(35-37)21-9-12-23(13-10-21)36-24-6-5-7-25(36)19-26(38)18-24/h3-4,8-15,17,20,24-26,30,38H,5-7,16,18-19H2,1-2H3,(H2,33,39)/t24?,25?,26?,30-/m0/s1. The van der Waals surface area contributed by atoms with Gasteiger partial charge in [0.25, 0.3) is 0 Å². The smallest absolute Gasteiger partial charge is 0.248 e. The molecule has 2 aromatic heterocycles. The van der Waals surface area contributed by atoms with Crippen molar-refractivity contribution in [3.8, 4) is 11.3 Å². The maximum atomic E-state index is 12.1. The lowest BCUT2D eigenvalue weighted by Crippen LogP contribution is -2.53. The molecule has 3 N–H and O–H groups in total. The molecular weight excluding hydrogens is 486 g/mol. The molecule has 39 heavy (non-hydrogen) atoms. The van der Waals surface area contributed by atoms with E-state index in [2.05, 4.69) is 58.7 Å². The van der Waals surface area contributed by atoms with Gasteiger partial charge in [-0.15, -0.1) is 0 Å². The number of aliphatic hydroxyl groups excluding tert-OH is 1. The first-order valence-corrected chi connectivity index (χ1v) is 14.2. The highest BCUT2D eigenvalue weighted by atomic mass is 16.3. The zero-order valence-corrected chi connectivity index (χ0v) is 22.7. The van der Waals surface area contributed by atoms with Crippen LogP contribution in [0.15, 0.2) is 66.9 Å². The van der Waals surface area contributed by atoms with Crippen molar-refractivity contribution in [3.05, 3.63) is 78.1 Å². The number of pyridine rings is 1. The van der Waals surface area contributed by atoms with Crippen molar-refractivity contribution in [1.29, 1.82) is 0 Å². The number of rotatable bonds is 7. The molecule has 0 aliphatic carbocycles. The lowest BCUT2D eigenvalue weighted by Gasteiger charge is -2.49. The molecule has 1 amide bonds. The van der Waals surface area contributed by atoms with E-state index in [9.17, 15) is 9.90 Å². The number of fused-ring (bicyclic) bond motifs is 3. The summed E-state index contributed by atoms with van der Waals surface area (Å²) in [5.41, 5.74) is 11.1. The minimum Gasteiger partial charge on any atom is -0.393 e. The zero-order valence-electron chi connectivity index (χ0n) is 22.7. The van der Waals surface area contributed by atoms with Crippen LogP contribution in [0.2, 0.25) is 0 Å². The number of nitrogens with two attached hydrogens (primary N) is 1. The van der Waals surface area contributed by atoms with Crippen LogP contribution in [0.5, 0.6) is 0 Å². The van der Waals surface area contributed by atoms with Gasteiger partial charge in [0.2, 0.25) is 5.91 Å². The number of primary amides is 1. The Morgan fingerprint density at radius 2 is 1.79 bits per heavy atom. The van der Waals surface area contributed by atoms with Gasteiger partial charge in [0.05, 0.1) is 23.4 Å². The number of aliphatic hydroxyl groups is 1. The number of nitrogens with zero attached hydrogens (tertiary/aromatic N) is 4. The Morgan fingerprint density at radius 3 is 2.44 bits per heavy atom. The number of hydrogen-bond donors (Lipinski definition) is 2. The predicted octanol–water partition coefficient (Wildman–Crippen LogP) is 5.71. The molecule has 4 heterocycles. The third kappa shape index (κ3) is 4.91. The molecule has 2 fully saturated rings. The lowest BCUT2D eigenvalue weighted by atomic mass is 9.82. The van der Waals surface area contributed by atoms with E-state index < -0.39 is 5.91 Å². The highest BCUT2D eigenvalue weighted by Crippen LogP contribution is 2.39. The minimum absolute atomic E-state index is 0.0414. The van der Waals surface area contributed by atoms with Gasteiger partial charge in [-0.05, 0) is 86.9 Å². The summed E-state index contributed by atoms with van der Waals surface area (Å²) in [5.74, 6) is -0.0142. The van der Waals surface area contributed by atoms with Crippen LogP contribution in [0.1, 0.15) is 74.5 Å². The van der Waals surface area contributed by atoms with E-state index >= 15 is 0 Å². The lowest BCUT2D eigenvalue weighted by molar-refractivity contribution is 0.0928. The molecule has 2 aromatic carbocycles. The molecule has 2 aliphatic rings. The molecule has 4 aromatic rings. The molecule has 0 saturated carbocycles. The molecule has 2 unspecified atom stereocenters. The van der Waals surface area contributed by atoms with Crippen LogP contribution in [0.4, 0.5) is 5.69 Å². The Bertz CT molecular complexity index is 1450. The van der Waals surface area contributed by atoms with Gasteiger partial charge in [0.15, 0.2) is 0 Å². The first-order valence-electron chi connectivity index (χ1n) is 14.2. The summed E-state index contributed by atoms with van der Waals surface area (Å²) in [6.45, 7) is 4.42. The average Bonchev–Trinajstić information content (AvgIpc) is 3.30. The van der Waals surface area contributed by atoms with Crippen molar-refractivity contribution in [3.63, 3.8) is 0 Å². The van der Waals surface area contributed by atoms with Crippen molar-refractivity contribution in [2.24, 2.45) is 11.7 Å². The number of anilines is 1. The highest BCUT2D eigenvalue weighted by molar-refractivity contribution is 6.01. The second kappa shape index (κ2) is 10.5. The molecule has 2 bridgehead atoms. The molecule has 7 heteroatoms. The van der Waals surface area contributed by atoms with Gasteiger partial charge in [-0.3, -0.25) is 14.5 Å². The van der Waals surface area contributed by atoms with Crippen molar-refractivity contribution >= 4 is 22.5 Å². The van der Waals surface area contributed by atoms with Gasteiger partial charge < -0.3 is 15.7 Å². The van der Waals surface area contributed by atoms with E-state index in [0.717, 1.165) is 60.0 Å². The summed E-state index contributed by atoms with van der Waals surface area (Å²) in [5, 5.41) is 16.4. The van der Waals surface area contributed by atoms with Crippen LogP contribution in [0.25, 0.3) is 22.2 Å². The van der Waals surface area contributed by atoms with Crippen molar-refractivity contribution in [1.82, 2.24) is 14.8 Å². The Morgan fingerprint density at radius 1 is 1.05 bits per heavy atom. The van der Waals surface area contributed by atoms with E-state index in [-0.39, 0.29) is 12.1 Å². The van der Waals surface area contributed by atoms with Gasteiger partial charge >= 0.3 is 0 Å². The number of piperidine rings is 2. The Kier molecular flexibility index (Phi) is 6.85. The number of amides is 1. The average molecular weight is 524 g/mol. The fraction of sp³-hybridized carbons (Fsp3) is 0.406. The number of hydrogen-bond acceptors (Lipinski definition) is 5. The Hall–Kier alpha value is -3.71. The minimum atomic E-state index is -0.451. The van der Waals surface area contributed by atoms with Crippen LogP contribution in [-0.4, -0.2) is 44.0 Å². The van der Waals surface area contributed by atoms with Crippen LogP contribution in [0.3, 0.4) is 0 Å². The molecule has 0 radical (unpaired) electrons. The number of carbonyl (C=O) groups excluding carboxylic acids is 1. The number of benzene rings is 2. The fourth-order valence-corrected chi connectivity index (χ4v) is 6.68. The highest BCUT2D eigenvalue weighted by Gasteiger charge is 2.37. The monoisotopic (exact) mass is 523 g/mol. The zero-order chi connectivity index (χ0) is 27.1. The molecule has 2 saturated heterocycles. The summed E-state index contributed by atoms with van der Waals surface area (Å²) in [7, 11) is 0. The molecule has 202 valence electrons. The molecular formula is C32H37N5O2. The summed E-state index contributed by atoms with van der Waals surface area (Å²) < 4.78 is 2.07. The van der Waals surface area contributed by atoms with Crippen molar-refractivity contribution in [2.45, 2.75) is 76.6 Å². The maximum absolute atomic E-state index is 12.1. The largest absolute Gasteiger partial charge is 0.393 e. The van der Waals surface area contributed by atoms with E-state index in [1.807, 2.05) is 30.5 Å². The maximum Gasteiger partial charge on any atom is 0.248 e. The second-order valence-corrected chi connectivity index (χ2v) is 11.6. The summed E-state index contributed by atoms with van der Waals surface area (Å²) in [6, 6.07) is 21.0.